The van der Waals surface area contributed by atoms with Gasteiger partial charge in [0, 0.05) is 0 Å². The van der Waals surface area contributed by atoms with Gasteiger partial charge in [-0.15, -0.1) is 11.7 Å². The summed E-state index contributed by atoms with van der Waals surface area (Å²) in [4.78, 5) is 13.0. The normalized spacial score (nSPS) is 10.1. The molecule has 2 rings (SSSR count). The van der Waals surface area contributed by atoms with Crippen LogP contribution in [0.3, 0.4) is 0 Å². The Bertz CT molecular complexity index is 591. The van der Waals surface area contributed by atoms with Crippen LogP contribution in [0.4, 0.5) is 5.95 Å². The Morgan fingerprint density at radius 2 is 2.20 bits per heavy atom. The molecule has 0 radical (unpaired) electrons. The molecule has 0 aliphatic rings. The van der Waals surface area contributed by atoms with Gasteiger partial charge in [0.1, 0.15) is 5.75 Å². The highest BCUT2D eigenvalue weighted by Crippen LogP contribution is 2.11. The van der Waals surface area contributed by atoms with Crippen LogP contribution in [0.15, 0.2) is 36.9 Å². The lowest BCUT2D eigenvalue weighted by Gasteiger charge is -2.05. The van der Waals surface area contributed by atoms with Crippen molar-refractivity contribution in [3.05, 3.63) is 42.5 Å². The third kappa shape index (κ3) is 3.91. The predicted octanol–water partition coefficient (Wildman–Crippen LogP) is 1.19. The summed E-state index contributed by atoms with van der Waals surface area (Å²) >= 11 is 0. The zero-order valence-corrected chi connectivity index (χ0v) is 11.1. The van der Waals surface area contributed by atoms with Crippen molar-refractivity contribution in [2.45, 2.75) is 13.5 Å². The second-order valence-electron chi connectivity index (χ2n) is 4.11. The van der Waals surface area contributed by atoms with Crippen molar-refractivity contribution >= 4 is 11.9 Å². The first-order valence-electron chi connectivity index (χ1n) is 6.05. The number of aryl methyl sites for hydroxylation is 1. The lowest BCUT2D eigenvalue weighted by atomic mass is 10.2. The molecule has 0 saturated carbocycles. The summed E-state index contributed by atoms with van der Waals surface area (Å²) in [7, 11) is 0. The van der Waals surface area contributed by atoms with E-state index in [4.69, 9.17) is 4.74 Å². The summed E-state index contributed by atoms with van der Waals surface area (Å²) in [5.41, 5.74) is 1.13. The van der Waals surface area contributed by atoms with Gasteiger partial charge >= 0.3 is 0 Å². The van der Waals surface area contributed by atoms with E-state index in [2.05, 4.69) is 27.3 Å². The van der Waals surface area contributed by atoms with Crippen molar-refractivity contribution in [2.75, 3.05) is 11.9 Å². The molecule has 1 amide bonds. The van der Waals surface area contributed by atoms with Crippen LogP contribution in [0, 0.1) is 6.92 Å². The van der Waals surface area contributed by atoms with Crippen LogP contribution in [-0.4, -0.2) is 32.7 Å². The fraction of sp³-hybridized carbons (Fsp3) is 0.231. The number of tetrazole rings is 1. The molecule has 0 saturated heterocycles. The fourth-order valence-corrected chi connectivity index (χ4v) is 1.43. The number of amides is 1. The van der Waals surface area contributed by atoms with Gasteiger partial charge in [-0.3, -0.25) is 10.1 Å². The number of aromatic nitrogens is 4. The zero-order valence-electron chi connectivity index (χ0n) is 11.1. The molecule has 1 N–H and O–H groups in total. The van der Waals surface area contributed by atoms with Crippen molar-refractivity contribution in [3.63, 3.8) is 0 Å². The number of hydrogen-bond acceptors (Lipinski definition) is 5. The quantitative estimate of drug-likeness (QED) is 0.799. The van der Waals surface area contributed by atoms with Crippen molar-refractivity contribution in [3.8, 4) is 5.75 Å². The number of carbonyl (C=O) groups is 1. The van der Waals surface area contributed by atoms with Gasteiger partial charge in [0.05, 0.1) is 6.54 Å². The molecule has 7 heteroatoms. The highest BCUT2D eigenvalue weighted by molar-refractivity contribution is 5.90. The van der Waals surface area contributed by atoms with E-state index in [0.29, 0.717) is 12.3 Å². The second kappa shape index (κ2) is 6.46. The number of hydrogen-bond donors (Lipinski definition) is 1. The van der Waals surface area contributed by atoms with Gasteiger partial charge in [-0.25, -0.2) is 0 Å². The van der Waals surface area contributed by atoms with Gasteiger partial charge < -0.3 is 4.74 Å². The van der Waals surface area contributed by atoms with Crippen LogP contribution < -0.4 is 10.1 Å². The molecule has 0 fully saturated rings. The minimum absolute atomic E-state index is 0.112. The predicted molar refractivity (Wildman–Crippen MR) is 73.3 cm³/mol. The van der Waals surface area contributed by atoms with E-state index in [1.807, 2.05) is 19.1 Å². The molecular weight excluding hydrogens is 258 g/mol. The topological polar surface area (TPSA) is 81.9 Å². The summed E-state index contributed by atoms with van der Waals surface area (Å²) in [6.45, 7) is 5.86. The van der Waals surface area contributed by atoms with Crippen molar-refractivity contribution in [1.29, 1.82) is 0 Å². The summed E-state index contributed by atoms with van der Waals surface area (Å²) in [6.07, 6.45) is 1.63. The van der Waals surface area contributed by atoms with Gasteiger partial charge in [-0.2, -0.15) is 4.80 Å². The number of allylic oxidation sites excluding steroid dienone is 1. The molecule has 0 aliphatic carbocycles. The number of nitrogens with zero attached hydrogens (tertiary/aromatic N) is 4. The summed E-state index contributed by atoms with van der Waals surface area (Å²) in [5, 5.41) is 13.9. The molecule has 2 aromatic rings. The minimum atomic E-state index is -0.344. The maximum Gasteiger partial charge on any atom is 0.270 e. The highest BCUT2D eigenvalue weighted by Gasteiger charge is 2.08. The number of anilines is 1. The Morgan fingerprint density at radius 3 is 2.90 bits per heavy atom. The molecule has 0 unspecified atom stereocenters. The van der Waals surface area contributed by atoms with E-state index in [-0.39, 0.29) is 18.5 Å². The molecule has 0 aliphatic heterocycles. The molecular formula is C13H15N5O2. The maximum absolute atomic E-state index is 11.6. The lowest BCUT2D eigenvalue weighted by molar-refractivity contribution is -0.118. The van der Waals surface area contributed by atoms with Gasteiger partial charge in [-0.05, 0) is 24.3 Å². The average Bonchev–Trinajstić information content (AvgIpc) is 2.86. The molecule has 1 aromatic carbocycles. The van der Waals surface area contributed by atoms with Gasteiger partial charge in [-0.1, -0.05) is 28.9 Å². The minimum Gasteiger partial charge on any atom is -0.484 e. The first-order chi connectivity index (χ1) is 9.67. The summed E-state index contributed by atoms with van der Waals surface area (Å²) < 4.78 is 5.34. The Balaban J connectivity index is 1.82. The number of carbonyl (C=O) groups excluding carboxylic acids is 1. The average molecular weight is 273 g/mol. The Kier molecular flexibility index (Phi) is 4.43. The number of rotatable bonds is 6. The van der Waals surface area contributed by atoms with Crippen LogP contribution >= 0.6 is 0 Å². The van der Waals surface area contributed by atoms with Crippen molar-refractivity contribution in [1.82, 2.24) is 20.2 Å². The largest absolute Gasteiger partial charge is 0.484 e. The van der Waals surface area contributed by atoms with Crippen LogP contribution in [0.2, 0.25) is 0 Å². The molecule has 7 nitrogen and oxygen atoms in total. The van der Waals surface area contributed by atoms with E-state index >= 15 is 0 Å². The number of ether oxygens (including phenoxy) is 1. The molecule has 0 bridgehead atoms. The first-order valence-corrected chi connectivity index (χ1v) is 6.05. The third-order valence-electron chi connectivity index (χ3n) is 2.39. The Hall–Kier alpha value is -2.70. The number of benzene rings is 1. The SMILES string of the molecule is C=CCn1nnc(NC(=O)COc2ccc(C)cc2)n1. The third-order valence-corrected chi connectivity index (χ3v) is 2.39. The molecule has 1 aromatic heterocycles. The smallest absolute Gasteiger partial charge is 0.270 e. The van der Waals surface area contributed by atoms with E-state index in [0.717, 1.165) is 5.56 Å². The fourth-order valence-electron chi connectivity index (χ4n) is 1.43. The summed E-state index contributed by atoms with van der Waals surface area (Å²) in [5.74, 6) is 0.433. The van der Waals surface area contributed by atoms with Crippen molar-refractivity contribution < 1.29 is 9.53 Å². The monoisotopic (exact) mass is 273 g/mol. The van der Waals surface area contributed by atoms with E-state index in [1.54, 1.807) is 18.2 Å². The van der Waals surface area contributed by atoms with Crippen molar-refractivity contribution in [2.24, 2.45) is 0 Å². The molecule has 20 heavy (non-hydrogen) atoms. The van der Waals surface area contributed by atoms with Crippen LogP contribution in [0.5, 0.6) is 5.75 Å². The standard InChI is InChI=1S/C13H15N5O2/c1-3-8-18-16-13(15-17-18)14-12(19)9-20-11-6-4-10(2)5-7-11/h3-7H,1,8-9H2,2H3,(H,14,16,19). The van der Waals surface area contributed by atoms with Crippen LogP contribution in [-0.2, 0) is 11.3 Å². The highest BCUT2D eigenvalue weighted by atomic mass is 16.5. The van der Waals surface area contributed by atoms with Crippen LogP contribution in [0.25, 0.3) is 0 Å². The number of nitrogens with one attached hydrogen (secondary N) is 1. The van der Waals surface area contributed by atoms with E-state index < -0.39 is 0 Å². The molecule has 0 spiro atoms. The zero-order chi connectivity index (χ0) is 14.4. The van der Waals surface area contributed by atoms with E-state index in [1.165, 1.54) is 4.80 Å². The Labute approximate surface area is 116 Å². The Morgan fingerprint density at radius 1 is 1.45 bits per heavy atom. The summed E-state index contributed by atoms with van der Waals surface area (Å²) in [6, 6.07) is 7.44. The van der Waals surface area contributed by atoms with Gasteiger partial charge in [0.25, 0.3) is 11.9 Å². The molecule has 1 heterocycles. The van der Waals surface area contributed by atoms with Gasteiger partial charge in [0.2, 0.25) is 0 Å². The molecule has 104 valence electrons. The van der Waals surface area contributed by atoms with E-state index in [9.17, 15) is 4.79 Å². The first kappa shape index (κ1) is 13.7. The van der Waals surface area contributed by atoms with Crippen LogP contribution in [0.1, 0.15) is 5.56 Å². The second-order valence-corrected chi connectivity index (χ2v) is 4.11. The molecule has 0 atom stereocenters. The lowest BCUT2D eigenvalue weighted by Crippen LogP contribution is -2.21. The van der Waals surface area contributed by atoms with Gasteiger partial charge in [0.15, 0.2) is 6.61 Å². The maximum atomic E-state index is 11.6.